The molecule has 8 heteroatoms. The number of carbonyl (C=O) groups is 1. The number of carbonyl (C=O) groups excluding carboxylic acids is 1. The van der Waals surface area contributed by atoms with Crippen LogP contribution in [0.15, 0.2) is 61.2 Å². The second-order valence-electron chi connectivity index (χ2n) is 10.8. The van der Waals surface area contributed by atoms with Crippen molar-refractivity contribution in [1.29, 1.82) is 0 Å². The Bertz CT molecular complexity index is 1540. The first-order chi connectivity index (χ1) is 18.9. The molecule has 2 fully saturated rings. The van der Waals surface area contributed by atoms with E-state index in [1.54, 1.807) is 0 Å². The molecule has 0 aliphatic carbocycles. The van der Waals surface area contributed by atoms with E-state index in [0.29, 0.717) is 38.3 Å². The van der Waals surface area contributed by atoms with Crippen LogP contribution in [-0.4, -0.2) is 82.2 Å². The summed E-state index contributed by atoms with van der Waals surface area (Å²) in [5.41, 5.74) is 3.08. The Morgan fingerprint density at radius 2 is 1.90 bits per heavy atom. The zero-order valence-corrected chi connectivity index (χ0v) is 23.0. The maximum atomic E-state index is 12.3. The van der Waals surface area contributed by atoms with Gasteiger partial charge in [-0.3, -0.25) is 4.79 Å². The molecule has 2 aliphatic heterocycles. The first-order valence-corrected chi connectivity index (χ1v) is 13.8. The third-order valence-electron chi connectivity index (χ3n) is 8.37. The standard InChI is InChI=1S/C31H36N6O2/c1-5-28(38)36-16-17-37(21(2)19-36)30-26-18-27(25-14-8-11-22-10-6-7-13-24(22)25)35(4)29(26)32-31(33-30)39-20-23-12-9-15-34(23)3/h5-8,10-11,13-14,18,21,23H,1,9,12,15-17,19-20H2,2-4H3/t21-,23+/m1/s1. The van der Waals surface area contributed by atoms with E-state index in [4.69, 9.17) is 14.7 Å². The summed E-state index contributed by atoms with van der Waals surface area (Å²) in [5, 5.41) is 3.39. The summed E-state index contributed by atoms with van der Waals surface area (Å²) in [6, 6.07) is 17.9. The SMILES string of the molecule is C=CC(=O)N1CCN(c2nc(OC[C@@H]3CCCN3C)nc3c2cc(-c2cccc4ccccc24)n3C)[C@H](C)C1. The van der Waals surface area contributed by atoms with Gasteiger partial charge in [0, 0.05) is 44.3 Å². The number of fused-ring (bicyclic) bond motifs is 2. The number of hydrogen-bond donors (Lipinski definition) is 0. The molecule has 0 N–H and O–H groups in total. The number of amides is 1. The Balaban J connectivity index is 1.44. The van der Waals surface area contributed by atoms with Gasteiger partial charge in [-0.05, 0) is 56.3 Å². The molecular weight excluding hydrogens is 488 g/mol. The van der Waals surface area contributed by atoms with Gasteiger partial charge in [0.1, 0.15) is 18.1 Å². The molecule has 2 saturated heterocycles. The maximum absolute atomic E-state index is 12.3. The highest BCUT2D eigenvalue weighted by Gasteiger charge is 2.30. The Morgan fingerprint density at radius 1 is 1.08 bits per heavy atom. The number of anilines is 1. The maximum Gasteiger partial charge on any atom is 0.320 e. The minimum Gasteiger partial charge on any atom is -0.462 e. The molecule has 6 rings (SSSR count). The van der Waals surface area contributed by atoms with Crippen molar-refractivity contribution < 1.29 is 9.53 Å². The van der Waals surface area contributed by atoms with E-state index in [2.05, 4.69) is 90.5 Å². The molecule has 8 nitrogen and oxygen atoms in total. The molecule has 2 atom stereocenters. The minimum absolute atomic E-state index is 0.0306. The fourth-order valence-corrected chi connectivity index (χ4v) is 6.11. The molecule has 2 aliphatic rings. The average Bonchev–Trinajstić information content (AvgIpc) is 3.52. The van der Waals surface area contributed by atoms with Crippen LogP contribution in [0.2, 0.25) is 0 Å². The number of piperazine rings is 1. The fourth-order valence-electron chi connectivity index (χ4n) is 6.11. The van der Waals surface area contributed by atoms with Gasteiger partial charge >= 0.3 is 6.01 Å². The number of likely N-dealkylation sites (tertiary alicyclic amines) is 1. The van der Waals surface area contributed by atoms with E-state index in [0.717, 1.165) is 41.1 Å². The highest BCUT2D eigenvalue weighted by molar-refractivity contribution is 6.00. The molecule has 2 aromatic carbocycles. The van der Waals surface area contributed by atoms with Crippen molar-refractivity contribution in [2.75, 3.05) is 44.7 Å². The van der Waals surface area contributed by atoms with Gasteiger partial charge in [-0.1, -0.05) is 49.0 Å². The lowest BCUT2D eigenvalue weighted by Gasteiger charge is -2.40. The van der Waals surface area contributed by atoms with Crippen LogP contribution in [0.3, 0.4) is 0 Å². The van der Waals surface area contributed by atoms with E-state index in [-0.39, 0.29) is 11.9 Å². The van der Waals surface area contributed by atoms with E-state index in [9.17, 15) is 4.79 Å². The number of aromatic nitrogens is 3. The van der Waals surface area contributed by atoms with Crippen LogP contribution < -0.4 is 9.64 Å². The van der Waals surface area contributed by atoms with Crippen LogP contribution >= 0.6 is 0 Å². The Labute approximate surface area is 229 Å². The van der Waals surface area contributed by atoms with Crippen LogP contribution in [0.5, 0.6) is 6.01 Å². The normalized spacial score (nSPS) is 20.2. The number of aryl methyl sites for hydroxylation is 1. The predicted octanol–water partition coefficient (Wildman–Crippen LogP) is 4.48. The van der Waals surface area contributed by atoms with E-state index in [1.165, 1.54) is 23.3 Å². The molecule has 0 unspecified atom stereocenters. The predicted molar refractivity (Wildman–Crippen MR) is 156 cm³/mol. The van der Waals surface area contributed by atoms with Gasteiger partial charge in [0.25, 0.3) is 0 Å². The van der Waals surface area contributed by atoms with Crippen LogP contribution in [0, 0.1) is 0 Å². The molecule has 202 valence electrons. The highest BCUT2D eigenvalue weighted by atomic mass is 16.5. The molecule has 1 amide bonds. The Hall–Kier alpha value is -3.91. The zero-order valence-electron chi connectivity index (χ0n) is 23.0. The number of rotatable bonds is 6. The lowest BCUT2D eigenvalue weighted by molar-refractivity contribution is -0.126. The van der Waals surface area contributed by atoms with Gasteiger partial charge in [-0.15, -0.1) is 0 Å². The van der Waals surface area contributed by atoms with Crippen molar-refractivity contribution in [2.24, 2.45) is 7.05 Å². The topological polar surface area (TPSA) is 66.7 Å². The second kappa shape index (κ2) is 10.3. The van der Waals surface area contributed by atoms with Gasteiger partial charge in [-0.25, -0.2) is 0 Å². The molecule has 0 spiro atoms. The largest absolute Gasteiger partial charge is 0.462 e. The summed E-state index contributed by atoms with van der Waals surface area (Å²) in [6.45, 7) is 9.37. The van der Waals surface area contributed by atoms with Crippen LogP contribution in [0.4, 0.5) is 5.82 Å². The average molecular weight is 525 g/mol. The molecule has 39 heavy (non-hydrogen) atoms. The van der Waals surface area contributed by atoms with Crippen molar-refractivity contribution in [3.8, 4) is 17.3 Å². The van der Waals surface area contributed by atoms with E-state index < -0.39 is 0 Å². The lowest BCUT2D eigenvalue weighted by Crippen LogP contribution is -2.53. The van der Waals surface area contributed by atoms with Crippen molar-refractivity contribution in [3.05, 3.63) is 61.2 Å². The smallest absolute Gasteiger partial charge is 0.320 e. The van der Waals surface area contributed by atoms with Gasteiger partial charge < -0.3 is 24.0 Å². The molecule has 4 aromatic rings. The number of benzene rings is 2. The fraction of sp³-hybridized carbons (Fsp3) is 0.387. The van der Waals surface area contributed by atoms with Crippen molar-refractivity contribution in [3.63, 3.8) is 0 Å². The Morgan fingerprint density at radius 3 is 2.67 bits per heavy atom. The monoisotopic (exact) mass is 524 g/mol. The van der Waals surface area contributed by atoms with Crippen molar-refractivity contribution in [2.45, 2.75) is 31.8 Å². The summed E-state index contributed by atoms with van der Waals surface area (Å²) in [6.07, 6.45) is 3.70. The zero-order chi connectivity index (χ0) is 27.1. The van der Waals surface area contributed by atoms with Gasteiger partial charge in [-0.2, -0.15) is 9.97 Å². The molecule has 0 saturated carbocycles. The molecule has 2 aromatic heterocycles. The van der Waals surface area contributed by atoms with Gasteiger partial charge in [0.15, 0.2) is 0 Å². The second-order valence-corrected chi connectivity index (χ2v) is 10.8. The highest BCUT2D eigenvalue weighted by Crippen LogP contribution is 2.37. The van der Waals surface area contributed by atoms with E-state index >= 15 is 0 Å². The van der Waals surface area contributed by atoms with Gasteiger partial charge in [0.05, 0.1) is 11.1 Å². The van der Waals surface area contributed by atoms with Crippen LogP contribution in [0.25, 0.3) is 33.1 Å². The van der Waals surface area contributed by atoms with Crippen LogP contribution in [0.1, 0.15) is 19.8 Å². The molecule has 0 radical (unpaired) electrons. The minimum atomic E-state index is -0.0306. The van der Waals surface area contributed by atoms with Crippen LogP contribution in [-0.2, 0) is 11.8 Å². The van der Waals surface area contributed by atoms with E-state index in [1.807, 2.05) is 4.90 Å². The summed E-state index contributed by atoms with van der Waals surface area (Å²) in [7, 11) is 4.21. The number of ether oxygens (including phenoxy) is 1. The molecule has 0 bridgehead atoms. The van der Waals surface area contributed by atoms with Gasteiger partial charge in [0.2, 0.25) is 5.91 Å². The number of likely N-dealkylation sites (N-methyl/N-ethyl adjacent to an activating group) is 1. The molecular formula is C31H36N6O2. The summed E-state index contributed by atoms with van der Waals surface area (Å²) >= 11 is 0. The summed E-state index contributed by atoms with van der Waals surface area (Å²) in [5.74, 6) is 0.826. The quantitative estimate of drug-likeness (QED) is 0.347. The Kier molecular flexibility index (Phi) is 6.73. The summed E-state index contributed by atoms with van der Waals surface area (Å²) in [4.78, 5) is 28.7. The first-order valence-electron chi connectivity index (χ1n) is 13.8. The van der Waals surface area contributed by atoms with Crippen molar-refractivity contribution >= 4 is 33.5 Å². The molecule has 4 heterocycles. The first kappa shape index (κ1) is 25.4. The number of hydrogen-bond acceptors (Lipinski definition) is 6. The third-order valence-corrected chi connectivity index (χ3v) is 8.37. The summed E-state index contributed by atoms with van der Waals surface area (Å²) < 4.78 is 8.42. The third kappa shape index (κ3) is 4.63. The lowest BCUT2D eigenvalue weighted by atomic mass is 10.0. The van der Waals surface area contributed by atoms with Crippen molar-refractivity contribution in [1.82, 2.24) is 24.3 Å². The number of nitrogens with zero attached hydrogens (tertiary/aromatic N) is 6.